The number of carbonyl (C=O) groups is 1. The van der Waals surface area contributed by atoms with Gasteiger partial charge in [-0.2, -0.15) is 0 Å². The first-order valence-electron chi connectivity index (χ1n) is 6.22. The second-order valence-electron chi connectivity index (χ2n) is 4.29. The third-order valence-electron chi connectivity index (χ3n) is 2.82. The Hall–Kier alpha value is -1.88. The lowest BCUT2D eigenvalue weighted by molar-refractivity contribution is -0.127. The van der Waals surface area contributed by atoms with Crippen molar-refractivity contribution in [2.75, 3.05) is 19.9 Å². The van der Waals surface area contributed by atoms with Crippen molar-refractivity contribution in [3.8, 4) is 5.75 Å². The molecular weight excluding hydrogens is 274 g/mol. The summed E-state index contributed by atoms with van der Waals surface area (Å²) in [6.45, 7) is 0.495. The van der Waals surface area contributed by atoms with Gasteiger partial charge in [0.05, 0.1) is 25.7 Å². The number of carbonyl (C=O) groups excluding carboxylic acids is 1. The monoisotopic (exact) mass is 291 g/mol. The number of hydrogen-bond donors (Lipinski definition) is 0. The molecule has 0 aliphatic carbocycles. The fraction of sp³-hybridized carbons (Fsp3) is 0.267. The highest BCUT2D eigenvalue weighted by atomic mass is 32.2. The molecule has 0 bridgehead atoms. The second kappa shape index (κ2) is 7.05. The molecule has 5 heteroatoms. The van der Waals surface area contributed by atoms with E-state index in [-0.39, 0.29) is 5.91 Å². The topological polar surface area (TPSA) is 42.7 Å². The number of benzene rings is 1. The molecule has 0 fully saturated rings. The van der Waals surface area contributed by atoms with E-state index in [2.05, 4.69) is 0 Å². The van der Waals surface area contributed by atoms with Crippen LogP contribution in [0.25, 0.3) is 0 Å². The van der Waals surface area contributed by atoms with Gasteiger partial charge < -0.3 is 14.1 Å². The molecule has 1 aromatic carbocycles. The van der Waals surface area contributed by atoms with E-state index in [0.717, 1.165) is 16.4 Å². The Morgan fingerprint density at radius 1 is 1.30 bits per heavy atom. The van der Waals surface area contributed by atoms with Gasteiger partial charge in [0.25, 0.3) is 0 Å². The van der Waals surface area contributed by atoms with Crippen molar-refractivity contribution in [3.63, 3.8) is 0 Å². The van der Waals surface area contributed by atoms with Crippen molar-refractivity contribution >= 4 is 17.7 Å². The molecule has 0 spiro atoms. The number of methoxy groups -OCH3 is 1. The molecule has 20 heavy (non-hydrogen) atoms. The average Bonchev–Trinajstić information content (AvgIpc) is 2.98. The largest absolute Gasteiger partial charge is 0.497 e. The first kappa shape index (κ1) is 14.5. The fourth-order valence-electron chi connectivity index (χ4n) is 1.65. The van der Waals surface area contributed by atoms with Crippen LogP contribution in [0.15, 0.2) is 52.0 Å². The van der Waals surface area contributed by atoms with Crippen LogP contribution in [0.4, 0.5) is 0 Å². The number of rotatable bonds is 6. The van der Waals surface area contributed by atoms with E-state index in [9.17, 15) is 4.79 Å². The summed E-state index contributed by atoms with van der Waals surface area (Å²) in [4.78, 5) is 14.7. The van der Waals surface area contributed by atoms with Gasteiger partial charge in [-0.15, -0.1) is 11.8 Å². The number of hydrogen-bond acceptors (Lipinski definition) is 4. The Morgan fingerprint density at radius 2 is 2.05 bits per heavy atom. The lowest BCUT2D eigenvalue weighted by Gasteiger charge is -2.15. The van der Waals surface area contributed by atoms with E-state index in [1.807, 2.05) is 36.4 Å². The third kappa shape index (κ3) is 4.06. The Kier molecular flexibility index (Phi) is 5.12. The number of furan rings is 1. The molecule has 0 unspecified atom stereocenters. The molecule has 1 aromatic heterocycles. The third-order valence-corrected chi connectivity index (χ3v) is 3.82. The van der Waals surface area contributed by atoms with E-state index >= 15 is 0 Å². The van der Waals surface area contributed by atoms with Crippen LogP contribution < -0.4 is 4.74 Å². The summed E-state index contributed by atoms with van der Waals surface area (Å²) in [6, 6.07) is 11.4. The highest BCUT2D eigenvalue weighted by Gasteiger charge is 2.11. The van der Waals surface area contributed by atoms with Crippen LogP contribution in [0, 0.1) is 0 Å². The van der Waals surface area contributed by atoms with E-state index in [1.54, 1.807) is 25.3 Å². The number of amides is 1. The molecule has 0 atom stereocenters. The van der Waals surface area contributed by atoms with Gasteiger partial charge in [0, 0.05) is 11.9 Å². The predicted molar refractivity (Wildman–Crippen MR) is 78.9 cm³/mol. The minimum Gasteiger partial charge on any atom is -0.497 e. The Labute approximate surface area is 122 Å². The lowest BCUT2D eigenvalue weighted by Crippen LogP contribution is -2.27. The Balaban J connectivity index is 1.81. The molecule has 106 valence electrons. The number of nitrogens with zero attached hydrogens (tertiary/aromatic N) is 1. The molecule has 0 aliphatic heterocycles. The molecule has 0 radical (unpaired) electrons. The quantitative estimate of drug-likeness (QED) is 0.767. The fourth-order valence-corrected chi connectivity index (χ4v) is 2.49. The van der Waals surface area contributed by atoms with E-state index in [0.29, 0.717) is 12.3 Å². The van der Waals surface area contributed by atoms with Crippen molar-refractivity contribution in [3.05, 3.63) is 48.4 Å². The summed E-state index contributed by atoms with van der Waals surface area (Å²) in [5, 5.41) is 0. The van der Waals surface area contributed by atoms with Crippen LogP contribution >= 0.6 is 11.8 Å². The number of thioether (sulfide) groups is 1. The van der Waals surface area contributed by atoms with Gasteiger partial charge in [0.15, 0.2) is 0 Å². The maximum Gasteiger partial charge on any atom is 0.233 e. The molecular formula is C15H17NO3S. The maximum atomic E-state index is 12.0. The molecule has 0 N–H and O–H groups in total. The zero-order chi connectivity index (χ0) is 14.4. The zero-order valence-electron chi connectivity index (χ0n) is 11.5. The van der Waals surface area contributed by atoms with Crippen molar-refractivity contribution in [1.29, 1.82) is 0 Å². The summed E-state index contributed by atoms with van der Waals surface area (Å²) in [5.74, 6) is 2.08. The zero-order valence-corrected chi connectivity index (χ0v) is 12.4. The predicted octanol–water partition coefficient (Wildman–Crippen LogP) is 3.04. The van der Waals surface area contributed by atoms with Crippen molar-refractivity contribution in [2.24, 2.45) is 0 Å². The molecule has 0 saturated carbocycles. The van der Waals surface area contributed by atoms with Gasteiger partial charge in [0.1, 0.15) is 11.5 Å². The minimum absolute atomic E-state index is 0.0715. The molecule has 2 aromatic rings. The van der Waals surface area contributed by atoms with Crippen LogP contribution in [0.3, 0.4) is 0 Å². The Morgan fingerprint density at radius 3 is 2.65 bits per heavy atom. The standard InChI is InChI=1S/C15H17NO3S/c1-16(10-13-4-3-9-19-13)15(17)11-20-14-7-5-12(18-2)6-8-14/h3-9H,10-11H2,1-2H3. The molecule has 0 aliphatic rings. The summed E-state index contributed by atoms with van der Waals surface area (Å²) >= 11 is 1.51. The molecule has 4 nitrogen and oxygen atoms in total. The minimum atomic E-state index is 0.0715. The van der Waals surface area contributed by atoms with Gasteiger partial charge in [-0.3, -0.25) is 4.79 Å². The molecule has 1 amide bonds. The number of ether oxygens (including phenoxy) is 1. The smallest absolute Gasteiger partial charge is 0.233 e. The van der Waals surface area contributed by atoms with Crippen LogP contribution in [0.2, 0.25) is 0 Å². The summed E-state index contributed by atoms with van der Waals surface area (Å²) in [6.07, 6.45) is 1.61. The van der Waals surface area contributed by atoms with E-state index in [4.69, 9.17) is 9.15 Å². The molecule has 2 rings (SSSR count). The summed E-state index contributed by atoms with van der Waals surface area (Å²) in [7, 11) is 3.41. The van der Waals surface area contributed by atoms with Gasteiger partial charge in [-0.1, -0.05) is 0 Å². The van der Waals surface area contributed by atoms with E-state index < -0.39 is 0 Å². The van der Waals surface area contributed by atoms with E-state index in [1.165, 1.54) is 11.8 Å². The molecule has 1 heterocycles. The van der Waals surface area contributed by atoms with Crippen LogP contribution in [0.5, 0.6) is 5.75 Å². The molecule has 0 saturated heterocycles. The summed E-state index contributed by atoms with van der Waals surface area (Å²) < 4.78 is 10.3. The van der Waals surface area contributed by atoms with Crippen LogP contribution in [-0.4, -0.2) is 30.7 Å². The first-order chi connectivity index (χ1) is 9.69. The van der Waals surface area contributed by atoms with Crippen LogP contribution in [-0.2, 0) is 11.3 Å². The van der Waals surface area contributed by atoms with Crippen molar-refractivity contribution in [2.45, 2.75) is 11.4 Å². The highest BCUT2D eigenvalue weighted by molar-refractivity contribution is 8.00. The maximum absolute atomic E-state index is 12.0. The highest BCUT2D eigenvalue weighted by Crippen LogP contribution is 2.21. The summed E-state index contributed by atoms with van der Waals surface area (Å²) in [5.41, 5.74) is 0. The van der Waals surface area contributed by atoms with Crippen LogP contribution in [0.1, 0.15) is 5.76 Å². The first-order valence-corrected chi connectivity index (χ1v) is 7.21. The van der Waals surface area contributed by atoms with Gasteiger partial charge >= 0.3 is 0 Å². The van der Waals surface area contributed by atoms with Gasteiger partial charge in [-0.25, -0.2) is 0 Å². The van der Waals surface area contributed by atoms with Gasteiger partial charge in [-0.05, 0) is 36.4 Å². The Bertz CT molecular complexity index is 537. The average molecular weight is 291 g/mol. The normalized spacial score (nSPS) is 10.3. The van der Waals surface area contributed by atoms with Crippen molar-refractivity contribution in [1.82, 2.24) is 4.90 Å². The second-order valence-corrected chi connectivity index (χ2v) is 5.34. The van der Waals surface area contributed by atoms with Crippen molar-refractivity contribution < 1.29 is 13.9 Å². The lowest BCUT2D eigenvalue weighted by atomic mass is 10.3. The van der Waals surface area contributed by atoms with Gasteiger partial charge in [0.2, 0.25) is 5.91 Å². The SMILES string of the molecule is COc1ccc(SCC(=O)N(C)Cc2ccco2)cc1.